The molecular weight excluding hydrogens is 240 g/mol. The summed E-state index contributed by atoms with van der Waals surface area (Å²) in [5.74, 6) is 1.29. The van der Waals surface area contributed by atoms with E-state index >= 15 is 0 Å². The lowest BCUT2D eigenvalue weighted by Crippen LogP contribution is -2.12. The lowest BCUT2D eigenvalue weighted by Gasteiger charge is -2.06. The van der Waals surface area contributed by atoms with Crippen LogP contribution in [0, 0.1) is 6.92 Å². The van der Waals surface area contributed by atoms with Crippen LogP contribution in [-0.4, -0.2) is 26.3 Å². The van der Waals surface area contributed by atoms with Crippen molar-refractivity contribution in [2.45, 2.75) is 6.92 Å². The van der Waals surface area contributed by atoms with Crippen LogP contribution in [0.2, 0.25) is 0 Å². The van der Waals surface area contributed by atoms with Gasteiger partial charge in [0.25, 0.3) is 0 Å². The van der Waals surface area contributed by atoms with E-state index in [-0.39, 0.29) is 11.8 Å². The van der Waals surface area contributed by atoms with Crippen molar-refractivity contribution in [1.29, 1.82) is 0 Å². The first-order valence-corrected chi connectivity index (χ1v) is 5.56. The summed E-state index contributed by atoms with van der Waals surface area (Å²) in [4.78, 5) is 19.4. The summed E-state index contributed by atoms with van der Waals surface area (Å²) in [6.45, 7) is 1.89. The lowest BCUT2D eigenvalue weighted by molar-refractivity contribution is -0.113. The molecule has 0 aliphatic carbocycles. The van der Waals surface area contributed by atoms with Crippen LogP contribution in [-0.2, 0) is 4.79 Å². The Morgan fingerprint density at radius 1 is 1.47 bits per heavy atom. The molecule has 0 aliphatic heterocycles. The van der Waals surface area contributed by atoms with Crippen molar-refractivity contribution in [3.05, 3.63) is 36.5 Å². The van der Waals surface area contributed by atoms with Crippen LogP contribution in [0.1, 0.15) is 5.82 Å². The number of carbonyl (C=O) groups excluding carboxylic acids is 1. The molecule has 6 heteroatoms. The van der Waals surface area contributed by atoms with Gasteiger partial charge in [-0.15, -0.1) is 11.6 Å². The van der Waals surface area contributed by atoms with Gasteiger partial charge in [-0.3, -0.25) is 9.36 Å². The van der Waals surface area contributed by atoms with Gasteiger partial charge in [0.2, 0.25) is 5.91 Å². The van der Waals surface area contributed by atoms with E-state index in [0.29, 0.717) is 5.69 Å². The Balaban J connectivity index is 2.19. The second-order valence-corrected chi connectivity index (χ2v) is 3.70. The Morgan fingerprint density at radius 3 is 2.82 bits per heavy atom. The van der Waals surface area contributed by atoms with Crippen molar-refractivity contribution < 1.29 is 4.79 Å². The topological polar surface area (TPSA) is 59.8 Å². The average Bonchev–Trinajstić information content (AvgIpc) is 2.76. The predicted octanol–water partition coefficient (Wildman–Crippen LogP) is 1.75. The second kappa shape index (κ2) is 4.97. The largest absolute Gasteiger partial charge is 0.324 e. The number of pyridine rings is 1. The number of anilines is 1. The van der Waals surface area contributed by atoms with E-state index in [4.69, 9.17) is 11.6 Å². The van der Waals surface area contributed by atoms with E-state index in [2.05, 4.69) is 15.3 Å². The number of imidazole rings is 1. The molecule has 0 saturated carbocycles. The van der Waals surface area contributed by atoms with Crippen LogP contribution in [0.4, 0.5) is 5.69 Å². The molecule has 0 bridgehead atoms. The van der Waals surface area contributed by atoms with Gasteiger partial charge in [0.05, 0.1) is 11.9 Å². The third-order valence-electron chi connectivity index (χ3n) is 2.23. The van der Waals surface area contributed by atoms with Gasteiger partial charge in [-0.25, -0.2) is 9.97 Å². The predicted molar refractivity (Wildman–Crippen MR) is 65.4 cm³/mol. The third-order valence-corrected chi connectivity index (χ3v) is 2.47. The number of rotatable bonds is 3. The zero-order chi connectivity index (χ0) is 12.3. The summed E-state index contributed by atoms with van der Waals surface area (Å²) in [5.41, 5.74) is 0.622. The van der Waals surface area contributed by atoms with Crippen LogP contribution in [0.25, 0.3) is 5.82 Å². The number of hydrogen-bond acceptors (Lipinski definition) is 3. The van der Waals surface area contributed by atoms with Gasteiger partial charge in [-0.05, 0) is 19.1 Å². The fourth-order valence-corrected chi connectivity index (χ4v) is 1.48. The first kappa shape index (κ1) is 11.6. The molecule has 88 valence electrons. The van der Waals surface area contributed by atoms with Gasteiger partial charge in [-0.2, -0.15) is 0 Å². The quantitative estimate of drug-likeness (QED) is 0.845. The molecule has 0 aliphatic rings. The zero-order valence-electron chi connectivity index (χ0n) is 9.22. The number of amides is 1. The van der Waals surface area contributed by atoms with E-state index in [9.17, 15) is 4.79 Å². The number of halogens is 1. The molecule has 2 heterocycles. The van der Waals surface area contributed by atoms with Gasteiger partial charge in [0.15, 0.2) is 0 Å². The number of aryl methyl sites for hydroxylation is 1. The minimum atomic E-state index is -0.250. The fraction of sp³-hybridized carbons (Fsp3) is 0.182. The highest BCUT2D eigenvalue weighted by atomic mass is 35.5. The summed E-state index contributed by atoms with van der Waals surface area (Å²) in [7, 11) is 0. The van der Waals surface area contributed by atoms with E-state index in [1.54, 1.807) is 24.5 Å². The van der Waals surface area contributed by atoms with E-state index in [1.165, 1.54) is 0 Å². The molecule has 1 amide bonds. The first-order valence-electron chi connectivity index (χ1n) is 5.03. The fourth-order valence-electron chi connectivity index (χ4n) is 1.42. The van der Waals surface area contributed by atoms with Crippen LogP contribution in [0.5, 0.6) is 0 Å². The summed E-state index contributed by atoms with van der Waals surface area (Å²) >= 11 is 5.39. The molecule has 5 nitrogen and oxygen atoms in total. The van der Waals surface area contributed by atoms with Crippen LogP contribution in [0.15, 0.2) is 30.7 Å². The molecule has 2 rings (SSSR count). The van der Waals surface area contributed by atoms with Crippen LogP contribution in [0.3, 0.4) is 0 Å². The van der Waals surface area contributed by atoms with Gasteiger partial charge >= 0.3 is 0 Å². The Morgan fingerprint density at radius 2 is 2.29 bits per heavy atom. The second-order valence-electron chi connectivity index (χ2n) is 3.43. The minimum Gasteiger partial charge on any atom is -0.324 e. The Hall–Kier alpha value is -1.88. The number of nitrogens with zero attached hydrogens (tertiary/aromatic N) is 3. The normalized spacial score (nSPS) is 10.2. The molecule has 0 saturated heterocycles. The van der Waals surface area contributed by atoms with Crippen LogP contribution >= 0.6 is 11.6 Å². The first-order chi connectivity index (χ1) is 8.20. The van der Waals surface area contributed by atoms with Gasteiger partial charge < -0.3 is 5.32 Å². The highest BCUT2D eigenvalue weighted by molar-refractivity contribution is 6.29. The zero-order valence-corrected chi connectivity index (χ0v) is 9.98. The molecule has 2 aromatic rings. The van der Waals surface area contributed by atoms with Crippen molar-refractivity contribution in [3.8, 4) is 5.82 Å². The Labute approximate surface area is 103 Å². The summed E-state index contributed by atoms with van der Waals surface area (Å²) < 4.78 is 1.85. The molecule has 0 aromatic carbocycles. The van der Waals surface area contributed by atoms with Crippen molar-refractivity contribution in [1.82, 2.24) is 14.5 Å². The van der Waals surface area contributed by atoms with Crippen molar-refractivity contribution in [3.63, 3.8) is 0 Å². The monoisotopic (exact) mass is 250 g/mol. The molecule has 0 spiro atoms. The summed E-state index contributed by atoms with van der Waals surface area (Å²) in [6.07, 6.45) is 5.12. The highest BCUT2D eigenvalue weighted by Gasteiger charge is 2.03. The maximum absolute atomic E-state index is 11.1. The molecular formula is C11H11ClN4O. The summed E-state index contributed by atoms with van der Waals surface area (Å²) in [5, 5.41) is 2.62. The molecule has 17 heavy (non-hydrogen) atoms. The molecule has 0 unspecified atom stereocenters. The van der Waals surface area contributed by atoms with Gasteiger partial charge in [0.1, 0.15) is 17.5 Å². The molecule has 1 N–H and O–H groups in total. The maximum Gasteiger partial charge on any atom is 0.239 e. The van der Waals surface area contributed by atoms with Crippen molar-refractivity contribution in [2.75, 3.05) is 11.2 Å². The highest BCUT2D eigenvalue weighted by Crippen LogP contribution is 2.11. The van der Waals surface area contributed by atoms with Gasteiger partial charge in [-0.1, -0.05) is 0 Å². The van der Waals surface area contributed by atoms with Crippen LogP contribution < -0.4 is 5.32 Å². The van der Waals surface area contributed by atoms with E-state index < -0.39 is 0 Å². The van der Waals surface area contributed by atoms with Gasteiger partial charge in [0, 0.05) is 12.4 Å². The van der Waals surface area contributed by atoms with Crippen molar-refractivity contribution >= 4 is 23.2 Å². The standard InChI is InChI=1S/C11H11ClN4O/c1-8-13-4-5-16(8)10-3-2-9(7-14-10)15-11(17)6-12/h2-5,7H,6H2,1H3,(H,15,17). The van der Waals surface area contributed by atoms with Crippen molar-refractivity contribution in [2.24, 2.45) is 0 Å². The Kier molecular flexibility index (Phi) is 3.39. The molecule has 0 atom stereocenters. The molecule has 2 aromatic heterocycles. The van der Waals surface area contributed by atoms with E-state index in [0.717, 1.165) is 11.6 Å². The Bertz CT molecular complexity index is 521. The van der Waals surface area contributed by atoms with E-state index in [1.807, 2.05) is 17.7 Å². The number of alkyl halides is 1. The number of nitrogens with one attached hydrogen (secondary N) is 1. The number of aromatic nitrogens is 3. The lowest BCUT2D eigenvalue weighted by atomic mass is 10.4. The maximum atomic E-state index is 11.1. The minimum absolute atomic E-state index is 0.0671. The molecule has 0 radical (unpaired) electrons. The summed E-state index contributed by atoms with van der Waals surface area (Å²) in [6, 6.07) is 3.57. The third kappa shape index (κ3) is 2.62. The molecule has 0 fully saturated rings. The smallest absolute Gasteiger partial charge is 0.239 e. The number of carbonyl (C=O) groups is 1. The average molecular weight is 251 g/mol. The SMILES string of the molecule is Cc1nccn1-c1ccc(NC(=O)CCl)cn1. The number of hydrogen-bond donors (Lipinski definition) is 1.